The van der Waals surface area contributed by atoms with Gasteiger partial charge in [-0.2, -0.15) is 0 Å². The third-order valence-electron chi connectivity index (χ3n) is 9.58. The minimum absolute atomic E-state index is 0.449. The molecule has 0 heterocycles. The van der Waals surface area contributed by atoms with Crippen LogP contribution in [0, 0.1) is 0 Å². The van der Waals surface area contributed by atoms with Crippen molar-refractivity contribution in [1.82, 2.24) is 0 Å². The quantitative estimate of drug-likeness (QED) is 0.0514. The van der Waals surface area contributed by atoms with Gasteiger partial charge in [-0.3, -0.25) is 0 Å². The molecule has 0 amide bonds. The number of halogens is 6. The molecule has 48 heavy (non-hydrogen) atoms. The van der Waals surface area contributed by atoms with Crippen LogP contribution in [-0.2, 0) is 0 Å². The number of nitrogens with zero attached hydrogens (tertiary/aromatic N) is 2. The monoisotopic (exact) mass is 697 g/mol. The van der Waals surface area contributed by atoms with E-state index < -0.39 is 24.9 Å². The van der Waals surface area contributed by atoms with E-state index in [9.17, 15) is 25.9 Å². The fraction of sp³-hybridized carbons (Fsp3) is 0.842. The highest BCUT2D eigenvalue weighted by molar-refractivity contribution is 6.75. The van der Waals surface area contributed by atoms with Crippen molar-refractivity contribution in [3.8, 4) is 0 Å². The molecule has 10 heteroatoms. The number of rotatable bonds is 26. The van der Waals surface area contributed by atoms with Crippen LogP contribution in [0.2, 0.25) is 0 Å². The van der Waals surface area contributed by atoms with E-state index in [1.807, 2.05) is 0 Å². The van der Waals surface area contributed by atoms with Gasteiger partial charge in [-0.1, -0.05) is 131 Å². The summed E-state index contributed by atoms with van der Waals surface area (Å²) in [6.07, 6.45) is 22.1. The van der Waals surface area contributed by atoms with Crippen molar-refractivity contribution in [2.75, 3.05) is 52.4 Å². The zero-order chi connectivity index (χ0) is 37.0. The van der Waals surface area contributed by atoms with Gasteiger partial charge in [-0.15, -0.1) is 10.9 Å². The van der Waals surface area contributed by atoms with Gasteiger partial charge in [0.05, 0.1) is 52.4 Å². The summed E-state index contributed by atoms with van der Waals surface area (Å²) in [6, 6.07) is 1.80. The highest BCUT2D eigenvalue weighted by Crippen LogP contribution is 2.18. The lowest BCUT2D eigenvalue weighted by Gasteiger charge is -2.39. The van der Waals surface area contributed by atoms with Crippen molar-refractivity contribution in [1.29, 1.82) is 0 Å². The van der Waals surface area contributed by atoms with E-state index in [-0.39, 0.29) is 0 Å². The smallest absolute Gasteiger partial charge is 0.445 e. The molecule has 0 spiro atoms. The number of hydrogen-bond acceptors (Lipinski definition) is 0. The van der Waals surface area contributed by atoms with Crippen LogP contribution < -0.4 is 10.9 Å². The van der Waals surface area contributed by atoms with E-state index in [2.05, 4.69) is 55.4 Å². The Morgan fingerprint density at radius 1 is 0.333 bits per heavy atom. The van der Waals surface area contributed by atoms with Crippen molar-refractivity contribution in [3.63, 3.8) is 0 Å². The maximum atomic E-state index is 12.0. The lowest BCUT2D eigenvalue weighted by atomic mass is 9.75. The van der Waals surface area contributed by atoms with Gasteiger partial charge in [0.1, 0.15) is 0 Å². The van der Waals surface area contributed by atoms with Crippen LogP contribution in [-0.4, -0.2) is 75.3 Å². The molecular formula is C38H76B2F6N2. The second-order valence-corrected chi connectivity index (χ2v) is 14.1. The molecule has 0 aromatic heterocycles. The molecule has 0 unspecified atom stereocenters. The predicted molar refractivity (Wildman–Crippen MR) is 203 cm³/mol. The third kappa shape index (κ3) is 23.3. The molecule has 286 valence electrons. The molecule has 0 aliphatic carbocycles. The van der Waals surface area contributed by atoms with Crippen molar-refractivity contribution in [3.05, 3.63) is 24.3 Å². The standard InChI is InChI=1S/2C16H36N.C6H4B2F6/c2*1-5-9-13-17(14-10-6-2,15-11-7-3)16-12-8-4;9-7(10,11)5-1-2-6(4-3-5)8(12,13)14/h2*5-16H2,1-4H3;1-4H/q2*+1;-2. The molecule has 0 saturated carbocycles. The van der Waals surface area contributed by atoms with Gasteiger partial charge in [0, 0.05) is 0 Å². The fourth-order valence-electron chi connectivity index (χ4n) is 6.22. The topological polar surface area (TPSA) is 0 Å². The summed E-state index contributed by atoms with van der Waals surface area (Å²) in [5.41, 5.74) is -2.04. The van der Waals surface area contributed by atoms with Crippen molar-refractivity contribution >= 4 is 24.9 Å². The SMILES string of the molecule is CCCC[N+](CCCC)(CCCC)CCCC.CCCC[N+](CCCC)(CCCC)CCCC.F[B-](F)(F)c1ccc([B-](F)(F)F)cc1. The maximum absolute atomic E-state index is 12.0. The molecule has 0 radical (unpaired) electrons. The average Bonchev–Trinajstić information content (AvgIpc) is 3.07. The Hall–Kier alpha value is -1.15. The Morgan fingerprint density at radius 2 is 0.479 bits per heavy atom. The summed E-state index contributed by atoms with van der Waals surface area (Å²) >= 11 is 0. The van der Waals surface area contributed by atoms with Crippen LogP contribution in [0.1, 0.15) is 158 Å². The molecule has 0 N–H and O–H groups in total. The first-order chi connectivity index (χ1) is 22.7. The summed E-state index contributed by atoms with van der Waals surface area (Å²) in [7, 11) is 0. The van der Waals surface area contributed by atoms with E-state index in [1.165, 1.54) is 164 Å². The number of unbranched alkanes of at least 4 members (excludes halogenated alkanes) is 8. The maximum Gasteiger partial charge on any atom is 0.509 e. The number of quaternary nitrogens is 2. The van der Waals surface area contributed by atoms with Crippen LogP contribution in [0.4, 0.5) is 25.9 Å². The van der Waals surface area contributed by atoms with Gasteiger partial charge in [-0.25, -0.2) is 0 Å². The molecule has 1 aromatic carbocycles. The fourth-order valence-corrected chi connectivity index (χ4v) is 6.22. The average molecular weight is 697 g/mol. The molecule has 1 aromatic rings. The van der Waals surface area contributed by atoms with E-state index >= 15 is 0 Å². The molecule has 0 saturated heterocycles. The summed E-state index contributed by atoms with van der Waals surface area (Å²) in [5, 5.41) is 0. The molecule has 0 bridgehead atoms. The Kier molecular flexibility index (Phi) is 29.1. The number of hydrogen-bond donors (Lipinski definition) is 0. The minimum Gasteiger partial charge on any atom is -0.445 e. The first-order valence-corrected chi connectivity index (χ1v) is 19.9. The summed E-state index contributed by atoms with van der Waals surface area (Å²) in [6.45, 7) is 19.6. The zero-order valence-corrected chi connectivity index (χ0v) is 32.6. The van der Waals surface area contributed by atoms with E-state index in [0.29, 0.717) is 24.3 Å². The Labute approximate surface area is 294 Å². The van der Waals surface area contributed by atoms with Crippen LogP contribution in [0.15, 0.2) is 24.3 Å². The largest absolute Gasteiger partial charge is 0.509 e. The van der Waals surface area contributed by atoms with Crippen molar-refractivity contribution in [2.24, 2.45) is 0 Å². The van der Waals surface area contributed by atoms with Gasteiger partial charge in [0.2, 0.25) is 0 Å². The molecule has 0 atom stereocenters. The third-order valence-corrected chi connectivity index (χ3v) is 9.58. The Bertz CT molecular complexity index is 703. The van der Waals surface area contributed by atoms with Crippen molar-refractivity contribution in [2.45, 2.75) is 158 Å². The van der Waals surface area contributed by atoms with E-state index in [1.54, 1.807) is 0 Å². The second kappa shape index (κ2) is 28.5. The summed E-state index contributed by atoms with van der Waals surface area (Å²) < 4.78 is 74.9. The van der Waals surface area contributed by atoms with E-state index in [4.69, 9.17) is 0 Å². The minimum atomic E-state index is -5.22. The second-order valence-electron chi connectivity index (χ2n) is 14.1. The van der Waals surface area contributed by atoms with Gasteiger partial charge < -0.3 is 34.9 Å². The highest BCUT2D eigenvalue weighted by Gasteiger charge is 2.29. The highest BCUT2D eigenvalue weighted by atomic mass is 19.4. The van der Waals surface area contributed by atoms with Crippen LogP contribution in [0.3, 0.4) is 0 Å². The van der Waals surface area contributed by atoms with Gasteiger partial charge in [0.15, 0.2) is 0 Å². The van der Waals surface area contributed by atoms with Crippen LogP contribution in [0.5, 0.6) is 0 Å². The lowest BCUT2D eigenvalue weighted by Crippen LogP contribution is -2.50. The molecule has 1 rings (SSSR count). The van der Waals surface area contributed by atoms with Crippen LogP contribution in [0.25, 0.3) is 0 Å². The van der Waals surface area contributed by atoms with Gasteiger partial charge >= 0.3 is 14.0 Å². The predicted octanol–water partition coefficient (Wildman–Crippen LogP) is 11.8. The van der Waals surface area contributed by atoms with E-state index in [0.717, 1.165) is 0 Å². The number of benzene rings is 1. The summed E-state index contributed by atoms with van der Waals surface area (Å²) in [5.74, 6) is 0. The Balaban J connectivity index is 0. The van der Waals surface area contributed by atoms with Gasteiger partial charge in [-0.05, 0) is 51.4 Å². The summed E-state index contributed by atoms with van der Waals surface area (Å²) in [4.78, 5) is 0. The Morgan fingerprint density at radius 3 is 0.583 bits per heavy atom. The van der Waals surface area contributed by atoms with Crippen LogP contribution >= 0.6 is 0 Å². The molecule has 0 aliphatic rings. The first-order valence-electron chi connectivity index (χ1n) is 19.9. The zero-order valence-electron chi connectivity index (χ0n) is 32.6. The molecule has 2 nitrogen and oxygen atoms in total. The normalized spacial score (nSPS) is 12.3. The van der Waals surface area contributed by atoms with Crippen molar-refractivity contribution < 1.29 is 34.9 Å². The van der Waals surface area contributed by atoms with Gasteiger partial charge in [0.25, 0.3) is 0 Å². The first kappa shape index (κ1) is 49.0. The molecule has 0 aliphatic heterocycles. The molecular weight excluding hydrogens is 620 g/mol. The molecule has 0 fully saturated rings. The lowest BCUT2D eigenvalue weighted by molar-refractivity contribution is -0.929.